The summed E-state index contributed by atoms with van der Waals surface area (Å²) in [7, 11) is 0. The number of esters is 1. The summed E-state index contributed by atoms with van der Waals surface area (Å²) in [6.07, 6.45) is 3.05. The molecule has 1 fully saturated rings. The molecule has 1 aliphatic rings. The summed E-state index contributed by atoms with van der Waals surface area (Å²) in [6, 6.07) is 4.10. The van der Waals surface area contributed by atoms with E-state index in [-0.39, 0.29) is 12.1 Å². The Kier molecular flexibility index (Phi) is 6.67. The molecule has 1 N–H and O–H groups in total. The number of hydrogen-bond acceptors (Lipinski definition) is 4. The lowest BCUT2D eigenvalue weighted by molar-refractivity contribution is -0.144. The van der Waals surface area contributed by atoms with Crippen molar-refractivity contribution in [3.8, 4) is 5.75 Å². The highest BCUT2D eigenvalue weighted by atomic mass is 16.6. The van der Waals surface area contributed by atoms with Gasteiger partial charge in [-0.1, -0.05) is 39.8 Å². The van der Waals surface area contributed by atoms with Gasteiger partial charge >= 0.3 is 5.97 Å². The molecule has 0 radical (unpaired) electrons. The quantitative estimate of drug-likeness (QED) is 0.540. The van der Waals surface area contributed by atoms with Gasteiger partial charge in [-0.15, -0.1) is 0 Å². The third-order valence-corrected chi connectivity index (χ3v) is 4.97. The van der Waals surface area contributed by atoms with Crippen LogP contribution in [0.2, 0.25) is 0 Å². The molecule has 0 amide bonds. The van der Waals surface area contributed by atoms with Crippen LogP contribution in [0.3, 0.4) is 0 Å². The van der Waals surface area contributed by atoms with E-state index >= 15 is 0 Å². The Bertz CT molecular complexity index is 532. The fraction of sp³-hybridized carbons (Fsp3) is 0.650. The minimum atomic E-state index is -0.186. The van der Waals surface area contributed by atoms with Gasteiger partial charge in [-0.05, 0) is 47.8 Å². The van der Waals surface area contributed by atoms with Crippen LogP contribution < -0.4 is 0 Å². The molecule has 0 spiro atoms. The molecule has 1 heterocycles. The highest BCUT2D eigenvalue weighted by Gasteiger charge is 2.24. The van der Waals surface area contributed by atoms with Crippen LogP contribution in [0.5, 0.6) is 5.75 Å². The molecule has 1 aliphatic heterocycles. The fourth-order valence-electron chi connectivity index (χ4n) is 2.75. The van der Waals surface area contributed by atoms with Gasteiger partial charge in [0, 0.05) is 6.42 Å². The predicted molar refractivity (Wildman–Crippen MR) is 94.5 cm³/mol. The third-order valence-electron chi connectivity index (χ3n) is 4.97. The molecule has 1 saturated heterocycles. The van der Waals surface area contributed by atoms with Crippen molar-refractivity contribution < 1.29 is 19.4 Å². The number of ether oxygens (including phenoxy) is 2. The molecule has 134 valence electrons. The van der Waals surface area contributed by atoms with Crippen LogP contribution in [-0.4, -0.2) is 30.4 Å². The number of aryl methyl sites for hydroxylation is 1. The fourth-order valence-corrected chi connectivity index (χ4v) is 2.75. The molecule has 3 atom stereocenters. The molecular formula is C20H30O4. The Labute approximate surface area is 145 Å². The molecule has 0 bridgehead atoms. The lowest BCUT2D eigenvalue weighted by atomic mass is 9.87. The molecule has 0 saturated carbocycles. The molecule has 0 aliphatic carbocycles. The second kappa shape index (κ2) is 8.52. The normalized spacial score (nSPS) is 18.9. The number of epoxide rings is 1. The van der Waals surface area contributed by atoms with Crippen molar-refractivity contribution in [1.82, 2.24) is 0 Å². The molecule has 4 nitrogen and oxygen atoms in total. The average Bonchev–Trinajstić information content (AvgIpc) is 3.41. The number of rotatable bonds is 9. The van der Waals surface area contributed by atoms with E-state index in [1.807, 2.05) is 12.1 Å². The van der Waals surface area contributed by atoms with Gasteiger partial charge in [0.1, 0.15) is 18.5 Å². The second-order valence-electron chi connectivity index (χ2n) is 6.88. The smallest absolute Gasteiger partial charge is 0.306 e. The second-order valence-corrected chi connectivity index (χ2v) is 6.88. The van der Waals surface area contributed by atoms with E-state index < -0.39 is 0 Å². The monoisotopic (exact) mass is 334 g/mol. The van der Waals surface area contributed by atoms with Crippen molar-refractivity contribution in [2.45, 2.75) is 71.3 Å². The van der Waals surface area contributed by atoms with Crippen LogP contribution in [0.25, 0.3) is 0 Å². The van der Waals surface area contributed by atoms with Crippen LogP contribution >= 0.6 is 0 Å². The summed E-state index contributed by atoms with van der Waals surface area (Å²) in [5, 5.41) is 10.6. The number of hydrogen-bond donors (Lipinski definition) is 1. The minimum absolute atomic E-state index is 0.108. The van der Waals surface area contributed by atoms with Crippen molar-refractivity contribution in [3.63, 3.8) is 0 Å². The van der Waals surface area contributed by atoms with Gasteiger partial charge in [0.05, 0.1) is 6.61 Å². The van der Waals surface area contributed by atoms with Crippen LogP contribution in [0.1, 0.15) is 75.5 Å². The van der Waals surface area contributed by atoms with Crippen molar-refractivity contribution >= 4 is 5.97 Å². The number of aromatic hydroxyl groups is 1. The SMILES string of the molecule is CCC(C)c1cc(CCC(=O)OCC2CO2)cc(C(C)CC)c1O. The van der Waals surface area contributed by atoms with Crippen LogP contribution in [0.4, 0.5) is 0 Å². The summed E-state index contributed by atoms with van der Waals surface area (Å²) in [4.78, 5) is 11.8. The van der Waals surface area contributed by atoms with E-state index in [2.05, 4.69) is 27.7 Å². The van der Waals surface area contributed by atoms with Crippen LogP contribution in [0.15, 0.2) is 12.1 Å². The summed E-state index contributed by atoms with van der Waals surface area (Å²) in [6.45, 7) is 9.56. The number of benzene rings is 1. The van der Waals surface area contributed by atoms with E-state index in [9.17, 15) is 9.90 Å². The molecular weight excluding hydrogens is 304 g/mol. The Balaban J connectivity index is 2.10. The molecule has 0 aromatic heterocycles. The minimum Gasteiger partial charge on any atom is -0.507 e. The summed E-state index contributed by atoms with van der Waals surface area (Å²) < 4.78 is 10.2. The molecule has 1 aromatic carbocycles. The number of phenolic OH excluding ortho intramolecular Hbond substituents is 1. The summed E-state index contributed by atoms with van der Waals surface area (Å²) in [5.41, 5.74) is 3.08. The number of phenols is 1. The van der Waals surface area contributed by atoms with Gasteiger partial charge in [-0.25, -0.2) is 0 Å². The van der Waals surface area contributed by atoms with Crippen molar-refractivity contribution in [2.24, 2.45) is 0 Å². The Hall–Kier alpha value is -1.55. The zero-order valence-electron chi connectivity index (χ0n) is 15.3. The first kappa shape index (κ1) is 18.8. The van der Waals surface area contributed by atoms with Crippen molar-refractivity contribution in [1.29, 1.82) is 0 Å². The average molecular weight is 334 g/mol. The molecule has 24 heavy (non-hydrogen) atoms. The Morgan fingerprint density at radius 3 is 2.25 bits per heavy atom. The highest BCUT2D eigenvalue weighted by molar-refractivity contribution is 5.69. The standard InChI is InChI=1S/C20H30O4/c1-5-13(3)17-9-15(10-18(20(17)22)14(4)6-2)7-8-19(21)24-12-16-11-23-16/h9-10,13-14,16,22H,5-8,11-12H2,1-4H3. The van der Waals surface area contributed by atoms with Crippen LogP contribution in [-0.2, 0) is 20.7 Å². The maximum atomic E-state index is 11.8. The highest BCUT2D eigenvalue weighted by Crippen LogP contribution is 2.37. The maximum Gasteiger partial charge on any atom is 0.306 e. The zero-order valence-corrected chi connectivity index (χ0v) is 15.3. The molecule has 2 rings (SSSR count). The number of carbonyl (C=O) groups is 1. The van der Waals surface area contributed by atoms with Gasteiger partial charge in [0.15, 0.2) is 0 Å². The van der Waals surface area contributed by atoms with Crippen molar-refractivity contribution in [2.75, 3.05) is 13.2 Å². The van der Waals surface area contributed by atoms with Gasteiger partial charge < -0.3 is 14.6 Å². The van der Waals surface area contributed by atoms with E-state index in [1.165, 1.54) is 0 Å². The molecule has 4 heteroatoms. The van der Waals surface area contributed by atoms with Gasteiger partial charge in [-0.2, -0.15) is 0 Å². The zero-order chi connectivity index (χ0) is 17.7. The Morgan fingerprint density at radius 1 is 1.25 bits per heavy atom. The topological polar surface area (TPSA) is 59.1 Å². The van der Waals surface area contributed by atoms with Crippen LogP contribution in [0, 0.1) is 0 Å². The largest absolute Gasteiger partial charge is 0.507 e. The first-order valence-electron chi connectivity index (χ1n) is 9.09. The summed E-state index contributed by atoms with van der Waals surface area (Å²) in [5.74, 6) is 0.836. The maximum absolute atomic E-state index is 11.8. The lowest BCUT2D eigenvalue weighted by Gasteiger charge is -2.20. The Morgan fingerprint density at radius 2 is 1.79 bits per heavy atom. The van der Waals surface area contributed by atoms with Crippen molar-refractivity contribution in [3.05, 3.63) is 28.8 Å². The summed E-state index contributed by atoms with van der Waals surface area (Å²) >= 11 is 0. The lowest BCUT2D eigenvalue weighted by Crippen LogP contribution is -2.11. The van der Waals surface area contributed by atoms with E-state index in [0.717, 1.165) is 29.5 Å². The first-order chi connectivity index (χ1) is 11.5. The predicted octanol–water partition coefficient (Wildman–Crippen LogP) is 4.29. The molecule has 1 aromatic rings. The number of carbonyl (C=O) groups excluding carboxylic acids is 1. The van der Waals surface area contributed by atoms with E-state index in [4.69, 9.17) is 9.47 Å². The first-order valence-corrected chi connectivity index (χ1v) is 9.09. The van der Waals surface area contributed by atoms with Gasteiger partial charge in [-0.3, -0.25) is 4.79 Å². The van der Waals surface area contributed by atoms with E-state index in [0.29, 0.717) is 43.6 Å². The van der Waals surface area contributed by atoms with Gasteiger partial charge in [0.2, 0.25) is 0 Å². The van der Waals surface area contributed by atoms with E-state index in [1.54, 1.807) is 0 Å². The molecule has 3 unspecified atom stereocenters. The van der Waals surface area contributed by atoms with Gasteiger partial charge in [0.25, 0.3) is 0 Å². The third kappa shape index (κ3) is 4.97.